The van der Waals surface area contributed by atoms with Crippen LogP contribution in [-0.2, 0) is 24.0 Å². The minimum absolute atomic E-state index is 0.0363. The molecule has 1 saturated heterocycles. The number of nitrogen functional groups attached to an aromatic ring is 1. The smallest absolute Gasteiger partial charge is 0.382 e. The molecule has 0 spiro atoms. The van der Waals surface area contributed by atoms with Crippen molar-refractivity contribution in [3.8, 4) is 0 Å². The number of morpholine rings is 1. The van der Waals surface area contributed by atoms with Gasteiger partial charge in [-0.15, -0.1) is 5.10 Å². The molecule has 0 radical (unpaired) electrons. The third-order valence-electron chi connectivity index (χ3n) is 4.35. The van der Waals surface area contributed by atoms with Gasteiger partial charge in [-0.25, -0.2) is 14.6 Å². The third kappa shape index (κ3) is 3.87. The Morgan fingerprint density at radius 1 is 1.25 bits per heavy atom. The fraction of sp³-hybridized carbons (Fsp3) is 0.438. The summed E-state index contributed by atoms with van der Waals surface area (Å²) in [5.74, 6) is -1.67. The lowest BCUT2D eigenvalue weighted by molar-refractivity contribution is -0.144. The second kappa shape index (κ2) is 7.28. The van der Waals surface area contributed by atoms with Crippen LogP contribution < -0.4 is 5.73 Å². The van der Waals surface area contributed by atoms with Crippen LogP contribution >= 0.6 is 0 Å². The predicted octanol–water partition coefficient (Wildman–Crippen LogP) is 1.12. The molecule has 1 atom stereocenters. The normalized spacial score (nSPS) is 18.6. The Morgan fingerprint density at radius 3 is 2.86 bits per heavy atom. The first-order valence-electron chi connectivity index (χ1n) is 8.58. The highest BCUT2D eigenvalue weighted by molar-refractivity contribution is 5.80. The van der Waals surface area contributed by atoms with Crippen LogP contribution in [0.5, 0.6) is 0 Å². The van der Waals surface area contributed by atoms with Crippen LogP contribution in [0, 0.1) is 0 Å². The molecule has 1 aliphatic heterocycles. The van der Waals surface area contributed by atoms with E-state index in [0.29, 0.717) is 19.7 Å². The van der Waals surface area contributed by atoms with E-state index in [4.69, 9.17) is 10.5 Å². The maximum Gasteiger partial charge on any atom is 0.451 e. The zero-order chi connectivity index (χ0) is 19.7. The van der Waals surface area contributed by atoms with Gasteiger partial charge in [-0.3, -0.25) is 9.88 Å². The van der Waals surface area contributed by atoms with Gasteiger partial charge in [0.15, 0.2) is 17.0 Å². The number of halogens is 3. The molecule has 148 valence electrons. The highest BCUT2D eigenvalue weighted by atomic mass is 19.4. The van der Waals surface area contributed by atoms with E-state index in [2.05, 4.69) is 30.2 Å². The van der Waals surface area contributed by atoms with Crippen molar-refractivity contribution >= 4 is 17.0 Å². The molecule has 4 rings (SSSR count). The van der Waals surface area contributed by atoms with E-state index in [1.165, 1.54) is 4.68 Å². The van der Waals surface area contributed by atoms with Gasteiger partial charge in [-0.1, -0.05) is 11.3 Å². The molecular formula is C16H17F3N8O. The molecule has 2 N–H and O–H groups in total. The molecule has 9 nitrogen and oxygen atoms in total. The highest BCUT2D eigenvalue weighted by Crippen LogP contribution is 2.28. The Bertz CT molecular complexity index is 962. The summed E-state index contributed by atoms with van der Waals surface area (Å²) in [7, 11) is 0. The molecule has 3 aromatic rings. The summed E-state index contributed by atoms with van der Waals surface area (Å²) < 4.78 is 46.0. The summed E-state index contributed by atoms with van der Waals surface area (Å²) in [5.41, 5.74) is 6.50. The minimum Gasteiger partial charge on any atom is -0.382 e. The standard InChI is InChI=1S/C16H17F3N8O/c17-16(18,19)15-22-13(20)12-14(23-15)27(25-24-12)9-11-8-26(5-6-28-11)7-10-3-1-2-4-21-10/h1-4,11H,5-9H2,(H2,20,22,23)/t11-/m1/s1. The molecule has 28 heavy (non-hydrogen) atoms. The van der Waals surface area contributed by atoms with Crippen molar-refractivity contribution < 1.29 is 17.9 Å². The largest absolute Gasteiger partial charge is 0.451 e. The molecule has 0 unspecified atom stereocenters. The Kier molecular flexibility index (Phi) is 4.81. The molecule has 0 bridgehead atoms. The Hall–Kier alpha value is -2.86. The summed E-state index contributed by atoms with van der Waals surface area (Å²) in [4.78, 5) is 13.3. The maximum atomic E-state index is 13.0. The number of rotatable bonds is 4. The number of nitrogens with two attached hydrogens (primary N) is 1. The summed E-state index contributed by atoms with van der Waals surface area (Å²) in [6.07, 6.45) is -3.26. The van der Waals surface area contributed by atoms with Crippen molar-refractivity contribution in [3.63, 3.8) is 0 Å². The van der Waals surface area contributed by atoms with E-state index in [1.54, 1.807) is 6.20 Å². The summed E-state index contributed by atoms with van der Waals surface area (Å²) >= 11 is 0. The van der Waals surface area contributed by atoms with Crippen LogP contribution in [0.3, 0.4) is 0 Å². The average Bonchev–Trinajstić information content (AvgIpc) is 3.06. The van der Waals surface area contributed by atoms with Crippen LogP contribution in [0.25, 0.3) is 11.2 Å². The van der Waals surface area contributed by atoms with E-state index >= 15 is 0 Å². The molecule has 1 aliphatic rings. The number of hydrogen-bond donors (Lipinski definition) is 1. The van der Waals surface area contributed by atoms with E-state index in [-0.39, 0.29) is 29.6 Å². The molecule has 0 amide bonds. The van der Waals surface area contributed by atoms with Gasteiger partial charge in [-0.2, -0.15) is 13.2 Å². The number of alkyl halides is 3. The van der Waals surface area contributed by atoms with Gasteiger partial charge in [0.2, 0.25) is 5.82 Å². The molecule has 1 fully saturated rings. The Balaban J connectivity index is 1.52. The molecule has 0 saturated carbocycles. The number of nitrogens with zero attached hydrogens (tertiary/aromatic N) is 7. The van der Waals surface area contributed by atoms with Gasteiger partial charge < -0.3 is 10.5 Å². The highest BCUT2D eigenvalue weighted by Gasteiger charge is 2.36. The number of pyridine rings is 1. The molecule has 3 aromatic heterocycles. The summed E-state index contributed by atoms with van der Waals surface area (Å²) in [6, 6.07) is 5.71. The molecule has 0 aliphatic carbocycles. The average molecular weight is 394 g/mol. The maximum absolute atomic E-state index is 13.0. The first-order chi connectivity index (χ1) is 13.4. The second-order valence-corrected chi connectivity index (χ2v) is 6.42. The van der Waals surface area contributed by atoms with Crippen molar-refractivity contribution in [3.05, 3.63) is 35.9 Å². The van der Waals surface area contributed by atoms with Gasteiger partial charge in [0, 0.05) is 25.8 Å². The van der Waals surface area contributed by atoms with Crippen molar-refractivity contribution in [1.82, 2.24) is 34.8 Å². The van der Waals surface area contributed by atoms with Crippen LogP contribution in [0.2, 0.25) is 0 Å². The van der Waals surface area contributed by atoms with Crippen molar-refractivity contribution in [2.24, 2.45) is 0 Å². The number of anilines is 1. The fourth-order valence-electron chi connectivity index (χ4n) is 3.07. The zero-order valence-electron chi connectivity index (χ0n) is 14.7. The second-order valence-electron chi connectivity index (χ2n) is 6.42. The van der Waals surface area contributed by atoms with Gasteiger partial charge in [0.1, 0.15) is 0 Å². The first kappa shape index (κ1) is 18.5. The van der Waals surface area contributed by atoms with Crippen LogP contribution in [0.4, 0.5) is 19.0 Å². The van der Waals surface area contributed by atoms with Gasteiger partial charge in [-0.05, 0) is 12.1 Å². The Morgan fingerprint density at radius 2 is 2.11 bits per heavy atom. The lowest BCUT2D eigenvalue weighted by atomic mass is 10.2. The summed E-state index contributed by atoms with van der Waals surface area (Å²) in [5, 5.41) is 7.70. The number of hydrogen-bond acceptors (Lipinski definition) is 8. The fourth-order valence-corrected chi connectivity index (χ4v) is 3.07. The number of ether oxygens (including phenoxy) is 1. The third-order valence-corrected chi connectivity index (χ3v) is 4.35. The van der Waals surface area contributed by atoms with Gasteiger partial charge >= 0.3 is 6.18 Å². The predicted molar refractivity (Wildman–Crippen MR) is 91.8 cm³/mol. The number of aromatic nitrogens is 6. The van der Waals surface area contributed by atoms with Crippen molar-refractivity contribution in [2.75, 3.05) is 25.4 Å². The van der Waals surface area contributed by atoms with Crippen LogP contribution in [0.15, 0.2) is 24.4 Å². The van der Waals surface area contributed by atoms with E-state index < -0.39 is 12.0 Å². The van der Waals surface area contributed by atoms with Gasteiger partial charge in [0.25, 0.3) is 0 Å². The van der Waals surface area contributed by atoms with E-state index in [1.807, 2.05) is 18.2 Å². The van der Waals surface area contributed by atoms with Crippen LogP contribution in [-0.4, -0.2) is 60.6 Å². The van der Waals surface area contributed by atoms with Crippen LogP contribution in [0.1, 0.15) is 11.5 Å². The molecule has 0 aromatic carbocycles. The monoisotopic (exact) mass is 394 g/mol. The van der Waals surface area contributed by atoms with E-state index in [0.717, 1.165) is 12.2 Å². The van der Waals surface area contributed by atoms with E-state index in [9.17, 15) is 13.2 Å². The summed E-state index contributed by atoms with van der Waals surface area (Å²) in [6.45, 7) is 2.66. The zero-order valence-corrected chi connectivity index (χ0v) is 14.7. The van der Waals surface area contributed by atoms with Crippen molar-refractivity contribution in [2.45, 2.75) is 25.4 Å². The first-order valence-corrected chi connectivity index (χ1v) is 8.58. The molecule has 4 heterocycles. The SMILES string of the molecule is Nc1nc(C(F)(F)F)nc2c1nnn2C[C@H]1CN(Cc2ccccn2)CCO1. The topological polar surface area (TPSA) is 108 Å². The van der Waals surface area contributed by atoms with Crippen molar-refractivity contribution in [1.29, 1.82) is 0 Å². The Labute approximate surface area is 157 Å². The molecular weight excluding hydrogens is 377 g/mol. The van der Waals surface area contributed by atoms with Gasteiger partial charge in [0.05, 0.1) is 24.9 Å². The minimum atomic E-state index is -4.71. The lowest BCUT2D eigenvalue weighted by Crippen LogP contribution is -2.44. The quantitative estimate of drug-likeness (QED) is 0.701. The molecule has 12 heteroatoms. The number of fused-ring (bicyclic) bond motifs is 1. The lowest BCUT2D eigenvalue weighted by Gasteiger charge is -2.32.